The fourth-order valence-corrected chi connectivity index (χ4v) is 6.01. The first-order valence-corrected chi connectivity index (χ1v) is 15.0. The summed E-state index contributed by atoms with van der Waals surface area (Å²) in [4.78, 5) is 44.0. The van der Waals surface area contributed by atoms with Crippen LogP contribution in [-0.2, 0) is 30.7 Å². The van der Waals surface area contributed by atoms with Crippen LogP contribution in [0.3, 0.4) is 0 Å². The van der Waals surface area contributed by atoms with Crippen molar-refractivity contribution in [2.75, 3.05) is 6.54 Å². The Morgan fingerprint density at radius 2 is 1.55 bits per heavy atom. The standard InChI is InChI=1S/C32H32N4O7S/c1-31(2,3)43-30(40)36(21-28(37)38)29(39)26-12-7-13-27(35-26)32(33,44(41,42)25-11-8-18-34-20-25)19-22-14-16-24(17-15-22)23-9-5-4-6-10-23/h4-18,20H,19,21,33H2,1-3H3,(H,37,38). The molecule has 0 bridgehead atoms. The number of nitrogens with zero attached hydrogens (tertiary/aromatic N) is 3. The van der Waals surface area contributed by atoms with Crippen molar-refractivity contribution in [1.82, 2.24) is 14.9 Å². The summed E-state index contributed by atoms with van der Waals surface area (Å²) in [5.74, 6) is -2.57. The first-order valence-electron chi connectivity index (χ1n) is 13.5. The maximum absolute atomic E-state index is 14.1. The molecule has 0 aliphatic carbocycles. The predicted octanol–water partition coefficient (Wildman–Crippen LogP) is 4.43. The quantitative estimate of drug-likeness (QED) is 0.274. The maximum Gasteiger partial charge on any atom is 0.417 e. The number of imide groups is 1. The van der Waals surface area contributed by atoms with Crippen molar-refractivity contribution < 1.29 is 32.6 Å². The SMILES string of the molecule is CC(C)(C)OC(=O)N(CC(=O)O)C(=O)c1cccc(C(N)(Cc2ccc(-c3ccccc3)cc2)S(=O)(=O)c2cccnc2)n1. The molecule has 3 N–H and O–H groups in total. The van der Waals surface area contributed by atoms with E-state index in [-0.39, 0.29) is 17.0 Å². The summed E-state index contributed by atoms with van der Waals surface area (Å²) in [5, 5.41) is 9.37. The third-order valence-electron chi connectivity index (χ3n) is 6.51. The summed E-state index contributed by atoms with van der Waals surface area (Å²) in [5.41, 5.74) is 7.63. The zero-order valence-electron chi connectivity index (χ0n) is 24.4. The van der Waals surface area contributed by atoms with Gasteiger partial charge in [-0.1, -0.05) is 60.7 Å². The Morgan fingerprint density at radius 3 is 2.14 bits per heavy atom. The monoisotopic (exact) mass is 616 g/mol. The van der Waals surface area contributed by atoms with Gasteiger partial charge >= 0.3 is 12.1 Å². The van der Waals surface area contributed by atoms with E-state index in [4.69, 9.17) is 10.5 Å². The fourth-order valence-electron chi connectivity index (χ4n) is 4.39. The second-order valence-electron chi connectivity index (χ2n) is 11.0. The van der Waals surface area contributed by atoms with E-state index in [1.165, 1.54) is 42.7 Å². The van der Waals surface area contributed by atoms with Gasteiger partial charge in [0.15, 0.2) is 4.87 Å². The van der Waals surface area contributed by atoms with Crippen LogP contribution in [0.25, 0.3) is 11.1 Å². The summed E-state index contributed by atoms with van der Waals surface area (Å²) in [6.07, 6.45) is 1.15. The zero-order valence-corrected chi connectivity index (χ0v) is 25.2. The van der Waals surface area contributed by atoms with Gasteiger partial charge in [-0.2, -0.15) is 0 Å². The van der Waals surface area contributed by atoms with Gasteiger partial charge in [-0.05, 0) is 61.7 Å². The number of amides is 2. The lowest BCUT2D eigenvalue weighted by atomic mass is 9.99. The highest BCUT2D eigenvalue weighted by molar-refractivity contribution is 7.92. The van der Waals surface area contributed by atoms with Crippen LogP contribution in [0.4, 0.5) is 4.79 Å². The van der Waals surface area contributed by atoms with Crippen molar-refractivity contribution in [3.63, 3.8) is 0 Å². The second-order valence-corrected chi connectivity index (χ2v) is 13.2. The number of nitrogens with two attached hydrogens (primary N) is 1. The van der Waals surface area contributed by atoms with Crippen molar-refractivity contribution in [2.45, 2.75) is 42.6 Å². The van der Waals surface area contributed by atoms with E-state index in [0.29, 0.717) is 10.5 Å². The number of carboxylic acid groups (broad SMARTS) is 1. The number of aromatic nitrogens is 2. The molecule has 2 amide bonds. The van der Waals surface area contributed by atoms with Crippen LogP contribution in [0.15, 0.2) is 102 Å². The Morgan fingerprint density at radius 1 is 0.886 bits per heavy atom. The van der Waals surface area contributed by atoms with Gasteiger partial charge in [-0.3, -0.25) is 14.6 Å². The molecule has 4 aromatic rings. The number of sulfone groups is 1. The summed E-state index contributed by atoms with van der Waals surface area (Å²) in [6.45, 7) is 3.68. The van der Waals surface area contributed by atoms with E-state index in [1.54, 1.807) is 32.9 Å². The van der Waals surface area contributed by atoms with Gasteiger partial charge < -0.3 is 15.6 Å². The van der Waals surface area contributed by atoms with Crippen LogP contribution < -0.4 is 5.73 Å². The summed E-state index contributed by atoms with van der Waals surface area (Å²) >= 11 is 0. The first kappa shape index (κ1) is 32.0. The number of hydrogen-bond acceptors (Lipinski definition) is 9. The average Bonchev–Trinajstić information content (AvgIpc) is 2.99. The molecule has 2 aromatic carbocycles. The van der Waals surface area contributed by atoms with Gasteiger partial charge in [0.25, 0.3) is 5.91 Å². The Hall–Kier alpha value is -4.94. The Bertz CT molecular complexity index is 1760. The lowest BCUT2D eigenvalue weighted by molar-refractivity contribution is -0.137. The molecule has 0 saturated carbocycles. The van der Waals surface area contributed by atoms with Crippen LogP contribution in [0.5, 0.6) is 0 Å². The van der Waals surface area contributed by atoms with Gasteiger partial charge in [-0.25, -0.2) is 23.1 Å². The molecule has 0 spiro atoms. The molecule has 0 fully saturated rings. The van der Waals surface area contributed by atoms with E-state index >= 15 is 0 Å². The van der Waals surface area contributed by atoms with Crippen LogP contribution in [0, 0.1) is 0 Å². The number of carboxylic acids is 1. The van der Waals surface area contributed by atoms with Crippen molar-refractivity contribution in [1.29, 1.82) is 0 Å². The van der Waals surface area contributed by atoms with Crippen molar-refractivity contribution >= 4 is 27.8 Å². The highest BCUT2D eigenvalue weighted by Crippen LogP contribution is 2.34. The molecule has 11 nitrogen and oxygen atoms in total. The Labute approximate surface area is 255 Å². The van der Waals surface area contributed by atoms with Crippen molar-refractivity contribution in [3.05, 3.63) is 114 Å². The molecule has 4 rings (SSSR count). The molecule has 1 unspecified atom stereocenters. The number of hydrogen-bond donors (Lipinski definition) is 2. The van der Waals surface area contributed by atoms with Crippen LogP contribution in [0.1, 0.15) is 42.5 Å². The van der Waals surface area contributed by atoms with Gasteiger partial charge in [0.2, 0.25) is 9.84 Å². The van der Waals surface area contributed by atoms with Gasteiger partial charge in [0, 0.05) is 18.8 Å². The van der Waals surface area contributed by atoms with Crippen LogP contribution in [0.2, 0.25) is 0 Å². The molecule has 0 radical (unpaired) electrons. The van der Waals surface area contributed by atoms with Crippen LogP contribution in [-0.4, -0.2) is 58.5 Å². The van der Waals surface area contributed by atoms with E-state index in [9.17, 15) is 27.9 Å². The molecule has 228 valence electrons. The lowest BCUT2D eigenvalue weighted by Crippen LogP contribution is -2.48. The molecule has 12 heteroatoms. The fraction of sp³-hybridized carbons (Fsp3) is 0.219. The number of rotatable bonds is 9. The Balaban J connectivity index is 1.78. The number of pyridine rings is 2. The Kier molecular flexibility index (Phi) is 9.26. The zero-order chi connectivity index (χ0) is 32.1. The first-order chi connectivity index (χ1) is 20.7. The van der Waals surface area contributed by atoms with Gasteiger partial charge in [-0.15, -0.1) is 0 Å². The van der Waals surface area contributed by atoms with E-state index < -0.39 is 50.5 Å². The highest BCUT2D eigenvalue weighted by atomic mass is 32.2. The number of aliphatic carboxylic acids is 1. The normalized spacial score (nSPS) is 13.0. The molecular formula is C32H32N4O7S. The number of benzene rings is 2. The third-order valence-corrected chi connectivity index (χ3v) is 8.68. The molecular weight excluding hydrogens is 584 g/mol. The number of carbonyl (C=O) groups is 3. The average molecular weight is 617 g/mol. The largest absolute Gasteiger partial charge is 0.480 e. The summed E-state index contributed by atoms with van der Waals surface area (Å²) in [7, 11) is -4.39. The van der Waals surface area contributed by atoms with Gasteiger partial charge in [0.1, 0.15) is 17.8 Å². The van der Waals surface area contributed by atoms with Gasteiger partial charge in [0.05, 0.1) is 10.6 Å². The molecule has 1 atom stereocenters. The smallest absolute Gasteiger partial charge is 0.417 e. The van der Waals surface area contributed by atoms with Crippen molar-refractivity contribution in [3.8, 4) is 11.1 Å². The minimum absolute atomic E-state index is 0.164. The van der Waals surface area contributed by atoms with E-state index in [2.05, 4.69) is 9.97 Å². The number of carbonyl (C=O) groups excluding carboxylic acids is 2. The molecule has 0 aliphatic heterocycles. The van der Waals surface area contributed by atoms with E-state index in [1.807, 2.05) is 42.5 Å². The minimum atomic E-state index is -4.39. The molecule has 0 saturated heterocycles. The molecule has 44 heavy (non-hydrogen) atoms. The predicted molar refractivity (Wildman–Crippen MR) is 162 cm³/mol. The molecule has 2 aromatic heterocycles. The third kappa shape index (κ3) is 7.16. The number of ether oxygens (including phenoxy) is 1. The second kappa shape index (κ2) is 12.7. The van der Waals surface area contributed by atoms with Crippen LogP contribution >= 0.6 is 0 Å². The summed E-state index contributed by atoms with van der Waals surface area (Å²) < 4.78 is 33.5. The topological polar surface area (TPSA) is 170 Å². The summed E-state index contributed by atoms with van der Waals surface area (Å²) in [6, 6.07) is 23.6. The minimum Gasteiger partial charge on any atom is -0.480 e. The van der Waals surface area contributed by atoms with Crippen molar-refractivity contribution in [2.24, 2.45) is 5.73 Å². The molecule has 0 aliphatic rings. The molecule has 2 heterocycles. The maximum atomic E-state index is 14.1. The highest BCUT2D eigenvalue weighted by Gasteiger charge is 2.45. The van der Waals surface area contributed by atoms with E-state index in [0.717, 1.165) is 11.1 Å². The lowest BCUT2D eigenvalue weighted by Gasteiger charge is -2.30.